The maximum atomic E-state index is 16.2. The summed E-state index contributed by atoms with van der Waals surface area (Å²) in [5.41, 5.74) is -0.367. The van der Waals surface area contributed by atoms with Crippen LogP contribution in [0.15, 0.2) is 18.2 Å². The molecule has 0 aliphatic carbocycles. The molecule has 3 fully saturated rings. The van der Waals surface area contributed by atoms with Crippen LogP contribution >= 0.6 is 0 Å². The van der Waals surface area contributed by atoms with Gasteiger partial charge in [0.1, 0.15) is 28.5 Å². The van der Waals surface area contributed by atoms with Gasteiger partial charge in [0, 0.05) is 49.0 Å². The molecule has 1 aromatic carbocycles. The summed E-state index contributed by atoms with van der Waals surface area (Å²) in [5.74, 6) is -6.83. The third kappa shape index (κ3) is 7.23. The molecule has 2 N–H and O–H groups in total. The summed E-state index contributed by atoms with van der Waals surface area (Å²) < 4.78 is 62.5. The Labute approximate surface area is 239 Å². The zero-order valence-electron chi connectivity index (χ0n) is 23.2. The van der Waals surface area contributed by atoms with Crippen LogP contribution in [0.4, 0.5) is 13.6 Å². The van der Waals surface area contributed by atoms with Crippen molar-refractivity contribution < 1.29 is 46.7 Å². The molecular weight excluding hydrogens is 564 g/mol. The summed E-state index contributed by atoms with van der Waals surface area (Å²) >= 11 is -2.00. The molecule has 14 heteroatoms. The van der Waals surface area contributed by atoms with Gasteiger partial charge in [0.2, 0.25) is 5.91 Å². The number of barbiturate groups is 1. The first-order valence-electron chi connectivity index (χ1n) is 13.5. The zero-order valence-corrected chi connectivity index (χ0v) is 24.0. The number of benzene rings is 1. The Balaban J connectivity index is 1.64. The lowest BCUT2D eigenvalue weighted by Crippen LogP contribution is -2.64. The van der Waals surface area contributed by atoms with Gasteiger partial charge in [-0.2, -0.15) is 0 Å². The number of amides is 4. The highest BCUT2D eigenvalue weighted by Gasteiger charge is 2.51. The number of alkyl halides is 1. The molecule has 1 aromatic rings. The Morgan fingerprint density at radius 2 is 1.73 bits per heavy atom. The minimum absolute atomic E-state index is 0.198. The largest absolute Gasteiger partial charge is 0.598 e. The Bertz CT molecular complexity index is 1150. The van der Waals surface area contributed by atoms with E-state index in [0.717, 1.165) is 11.0 Å². The summed E-state index contributed by atoms with van der Waals surface area (Å²) in [5, 5.41) is 1.97. The van der Waals surface area contributed by atoms with Crippen LogP contribution in [0.5, 0.6) is 5.75 Å². The second kappa shape index (κ2) is 13.1. The molecule has 4 rings (SSSR count). The van der Waals surface area contributed by atoms with E-state index in [9.17, 15) is 23.7 Å². The Morgan fingerprint density at radius 3 is 2.34 bits per heavy atom. The van der Waals surface area contributed by atoms with Crippen LogP contribution in [0.2, 0.25) is 0 Å². The van der Waals surface area contributed by atoms with Crippen molar-refractivity contribution in [2.24, 2.45) is 5.92 Å². The van der Waals surface area contributed by atoms with Crippen LogP contribution in [0.1, 0.15) is 58.1 Å². The van der Waals surface area contributed by atoms with Crippen molar-refractivity contribution in [3.63, 3.8) is 0 Å². The van der Waals surface area contributed by atoms with E-state index in [4.69, 9.17) is 14.2 Å². The highest BCUT2D eigenvalue weighted by Crippen LogP contribution is 2.33. The molecule has 0 radical (unpaired) electrons. The lowest BCUT2D eigenvalue weighted by Gasteiger charge is -2.37. The lowest BCUT2D eigenvalue weighted by molar-refractivity contribution is -0.151. The predicted octanol–water partition coefficient (Wildman–Crippen LogP) is 2.26. The van der Waals surface area contributed by atoms with Crippen LogP contribution in [0.25, 0.3) is 0 Å². The van der Waals surface area contributed by atoms with Gasteiger partial charge in [-0.25, -0.2) is 13.6 Å². The van der Waals surface area contributed by atoms with E-state index in [0.29, 0.717) is 26.1 Å². The summed E-state index contributed by atoms with van der Waals surface area (Å²) in [4.78, 5) is 52.8. The van der Waals surface area contributed by atoms with Crippen molar-refractivity contribution in [3.05, 3.63) is 29.6 Å². The molecule has 0 aromatic heterocycles. The molecule has 3 heterocycles. The van der Waals surface area contributed by atoms with Crippen molar-refractivity contribution >= 4 is 35.0 Å². The molecule has 3 aliphatic rings. The van der Waals surface area contributed by atoms with Crippen molar-refractivity contribution in [1.29, 1.82) is 0 Å². The third-order valence-corrected chi connectivity index (χ3v) is 8.74. The van der Waals surface area contributed by atoms with Gasteiger partial charge < -0.3 is 18.8 Å². The quantitative estimate of drug-likeness (QED) is 0.322. The molecule has 11 nitrogen and oxygen atoms in total. The standard InChI is InChI=1S/C27H35F2N3O8S/c1-27(2,3)41(37)31-22(18-14-17(4-5-19(18)28)40-16-8-12-39-13-9-16)21(29)23(33)20-24(34)30-26(36)32(25(20)35)15-6-10-38-11-7-15/h4-5,14-16,20-22,31H,6-13H2,1-3H3,(H,30,34,36)/t20?,21?,22?,41-/m1/s1. The second-order valence-electron chi connectivity index (χ2n) is 11.2. The number of imide groups is 2. The summed E-state index contributed by atoms with van der Waals surface area (Å²) in [6, 6.07) is 0.116. The molecule has 0 spiro atoms. The Morgan fingerprint density at radius 1 is 1.12 bits per heavy atom. The normalized spacial score (nSPS) is 23.6. The SMILES string of the molecule is CC(C)(C)[S@@+]([O-])NC(c1cc(OC2CCOCC2)ccc1F)C(F)C(=O)C1C(=O)NC(=O)N(C2CCOCC2)C1=O. The summed E-state index contributed by atoms with van der Waals surface area (Å²) in [6.07, 6.45) is -1.17. The number of hydrogen-bond donors (Lipinski definition) is 2. The number of nitrogens with zero attached hydrogens (tertiary/aromatic N) is 1. The fourth-order valence-corrected chi connectivity index (χ4v) is 5.68. The number of urea groups is 1. The molecule has 3 unspecified atom stereocenters. The zero-order chi connectivity index (χ0) is 29.9. The second-order valence-corrected chi connectivity index (χ2v) is 13.2. The van der Waals surface area contributed by atoms with Crippen LogP contribution in [0, 0.1) is 11.7 Å². The number of rotatable bonds is 9. The number of Topliss-reactive ketones (excluding diaryl/α,β-unsaturated/α-hetero) is 1. The molecule has 0 saturated carbocycles. The number of ketones is 1. The number of hydrogen-bond acceptors (Lipinski definition) is 9. The predicted molar refractivity (Wildman–Crippen MR) is 142 cm³/mol. The monoisotopic (exact) mass is 599 g/mol. The number of nitrogens with one attached hydrogen (secondary N) is 2. The van der Waals surface area contributed by atoms with Crippen LogP contribution in [-0.2, 0) is 35.2 Å². The van der Waals surface area contributed by atoms with Gasteiger partial charge in [0.25, 0.3) is 5.91 Å². The minimum atomic E-state index is -2.70. The third-order valence-electron chi connectivity index (χ3n) is 7.16. The first-order valence-corrected chi connectivity index (χ1v) is 14.7. The molecule has 41 heavy (non-hydrogen) atoms. The van der Waals surface area contributed by atoms with Crippen LogP contribution < -0.4 is 14.8 Å². The first-order chi connectivity index (χ1) is 19.4. The highest BCUT2D eigenvalue weighted by atomic mass is 32.2. The Hall–Kier alpha value is -2.65. The van der Waals surface area contributed by atoms with E-state index >= 15 is 8.78 Å². The maximum Gasteiger partial charge on any atom is 0.331 e. The van der Waals surface area contributed by atoms with E-state index in [2.05, 4.69) is 4.72 Å². The molecule has 226 valence electrons. The number of halogens is 2. The van der Waals surface area contributed by atoms with Crippen molar-refractivity contribution in [2.45, 2.75) is 75.6 Å². The average molecular weight is 600 g/mol. The molecule has 3 saturated heterocycles. The minimum Gasteiger partial charge on any atom is -0.598 e. The fourth-order valence-electron chi connectivity index (χ4n) is 4.85. The van der Waals surface area contributed by atoms with E-state index < -0.39 is 69.7 Å². The fraction of sp³-hybridized carbons (Fsp3) is 0.630. The lowest BCUT2D eigenvalue weighted by atomic mass is 9.89. The van der Waals surface area contributed by atoms with Crippen molar-refractivity contribution in [3.8, 4) is 5.75 Å². The summed E-state index contributed by atoms with van der Waals surface area (Å²) in [7, 11) is 0. The van der Waals surface area contributed by atoms with E-state index in [1.165, 1.54) is 12.1 Å². The van der Waals surface area contributed by atoms with Gasteiger partial charge in [-0.1, -0.05) is 0 Å². The summed E-state index contributed by atoms with van der Waals surface area (Å²) in [6.45, 7) is 6.28. The van der Waals surface area contributed by atoms with Gasteiger partial charge in [-0.3, -0.25) is 24.6 Å². The van der Waals surface area contributed by atoms with Gasteiger partial charge >= 0.3 is 6.03 Å². The first kappa shape index (κ1) is 31.3. The van der Waals surface area contributed by atoms with Crippen LogP contribution in [-0.4, -0.2) is 82.6 Å². The number of carbonyl (C=O) groups excluding carboxylic acids is 4. The maximum absolute atomic E-state index is 16.2. The van der Waals surface area contributed by atoms with Gasteiger partial charge in [-0.05, 0) is 51.8 Å². The van der Waals surface area contributed by atoms with E-state index in [1.807, 2.05) is 5.32 Å². The number of ether oxygens (including phenoxy) is 3. The van der Waals surface area contributed by atoms with E-state index in [1.54, 1.807) is 20.8 Å². The van der Waals surface area contributed by atoms with Crippen molar-refractivity contribution in [1.82, 2.24) is 14.9 Å². The smallest absolute Gasteiger partial charge is 0.331 e. The Kier molecular flexibility index (Phi) is 10.0. The van der Waals surface area contributed by atoms with E-state index in [-0.39, 0.29) is 43.5 Å². The van der Waals surface area contributed by atoms with Gasteiger partial charge in [0.05, 0.1) is 13.2 Å². The highest BCUT2D eigenvalue weighted by molar-refractivity contribution is 7.90. The van der Waals surface area contributed by atoms with Gasteiger partial charge in [0.15, 0.2) is 17.9 Å². The molecular formula is C27H35F2N3O8S. The molecule has 4 amide bonds. The van der Waals surface area contributed by atoms with Gasteiger partial charge in [-0.15, -0.1) is 4.72 Å². The van der Waals surface area contributed by atoms with Crippen LogP contribution in [0.3, 0.4) is 0 Å². The molecule has 4 atom stereocenters. The average Bonchev–Trinajstić information content (AvgIpc) is 2.92. The molecule has 3 aliphatic heterocycles. The number of carbonyl (C=O) groups is 4. The molecule has 0 bridgehead atoms. The topological polar surface area (TPSA) is 146 Å². The van der Waals surface area contributed by atoms with Crippen molar-refractivity contribution in [2.75, 3.05) is 26.4 Å².